The first-order valence-corrected chi connectivity index (χ1v) is 10.8. The van der Waals surface area contributed by atoms with E-state index in [1.807, 2.05) is 10.9 Å². The molecule has 166 valence electrons. The Kier molecular flexibility index (Phi) is 5.22. The zero-order valence-corrected chi connectivity index (χ0v) is 17.5. The van der Waals surface area contributed by atoms with Crippen LogP contribution in [0.15, 0.2) is 30.6 Å². The first kappa shape index (κ1) is 20.4. The van der Waals surface area contributed by atoms with Crippen molar-refractivity contribution in [3.05, 3.63) is 47.3 Å². The maximum atomic E-state index is 13.2. The van der Waals surface area contributed by atoms with Crippen LogP contribution in [-0.2, 0) is 16.1 Å². The summed E-state index contributed by atoms with van der Waals surface area (Å²) in [4.78, 5) is 50.8. The number of imide groups is 2. The van der Waals surface area contributed by atoms with E-state index in [1.54, 1.807) is 24.4 Å². The Morgan fingerprint density at radius 1 is 1.06 bits per heavy atom. The highest BCUT2D eigenvalue weighted by molar-refractivity contribution is 6.25. The van der Waals surface area contributed by atoms with Gasteiger partial charge < -0.3 is 10.6 Å². The molecule has 0 radical (unpaired) electrons. The summed E-state index contributed by atoms with van der Waals surface area (Å²) in [7, 11) is 0. The third kappa shape index (κ3) is 3.56. The molecule has 3 N–H and O–H groups in total. The molecule has 4 amide bonds. The van der Waals surface area contributed by atoms with Crippen LogP contribution in [0.2, 0.25) is 0 Å². The van der Waals surface area contributed by atoms with E-state index in [-0.39, 0.29) is 24.0 Å². The lowest BCUT2D eigenvalue weighted by molar-refractivity contribution is -0.136. The number of aromatic nitrogens is 2. The van der Waals surface area contributed by atoms with Crippen molar-refractivity contribution >= 4 is 29.3 Å². The minimum atomic E-state index is -0.976. The van der Waals surface area contributed by atoms with Gasteiger partial charge in [0, 0.05) is 30.4 Å². The van der Waals surface area contributed by atoms with E-state index in [0.29, 0.717) is 18.3 Å². The minimum Gasteiger partial charge on any atom is -0.380 e. The molecule has 4 heterocycles. The van der Waals surface area contributed by atoms with Crippen LogP contribution in [0.25, 0.3) is 0 Å². The van der Waals surface area contributed by atoms with Gasteiger partial charge in [0.15, 0.2) is 0 Å². The SMILES string of the molecule is O=C1CCC(N2C(=O)c3cccc(NCc4cnn(C5CCNCC5)c4)c3C2=O)C(=O)N1. The van der Waals surface area contributed by atoms with E-state index < -0.39 is 29.7 Å². The molecule has 0 bridgehead atoms. The van der Waals surface area contributed by atoms with E-state index in [9.17, 15) is 19.2 Å². The standard InChI is InChI=1S/C22H24N6O4/c29-18-5-4-17(20(30)26-18)28-21(31)15-2-1-3-16(19(15)22(28)32)24-10-13-11-25-27(12-13)14-6-8-23-9-7-14/h1-3,11-12,14,17,23-24H,4-10H2,(H,26,29,30). The Bertz CT molecular complexity index is 1100. The van der Waals surface area contributed by atoms with Gasteiger partial charge in [0.05, 0.1) is 23.4 Å². The van der Waals surface area contributed by atoms with Crippen LogP contribution >= 0.6 is 0 Å². The second kappa shape index (κ2) is 8.19. The predicted octanol–water partition coefficient (Wildman–Crippen LogP) is 0.821. The lowest BCUT2D eigenvalue weighted by Crippen LogP contribution is -2.54. The van der Waals surface area contributed by atoms with Gasteiger partial charge in [-0.25, -0.2) is 0 Å². The van der Waals surface area contributed by atoms with Crippen LogP contribution in [0.4, 0.5) is 5.69 Å². The molecule has 32 heavy (non-hydrogen) atoms. The van der Waals surface area contributed by atoms with E-state index in [1.165, 1.54) is 0 Å². The molecule has 2 aromatic rings. The van der Waals surface area contributed by atoms with Gasteiger partial charge in [-0.1, -0.05) is 6.07 Å². The lowest BCUT2D eigenvalue weighted by atomic mass is 10.0. The van der Waals surface area contributed by atoms with Gasteiger partial charge in [0.25, 0.3) is 11.8 Å². The maximum absolute atomic E-state index is 13.2. The number of fused-ring (bicyclic) bond motifs is 1. The maximum Gasteiger partial charge on any atom is 0.264 e. The van der Waals surface area contributed by atoms with Gasteiger partial charge >= 0.3 is 0 Å². The third-order valence-corrected chi connectivity index (χ3v) is 6.29. The zero-order valence-electron chi connectivity index (χ0n) is 17.5. The fraction of sp³-hybridized carbons (Fsp3) is 0.409. The third-order valence-electron chi connectivity index (χ3n) is 6.29. The molecule has 3 aliphatic rings. The van der Waals surface area contributed by atoms with Gasteiger partial charge in [-0.15, -0.1) is 0 Å². The van der Waals surface area contributed by atoms with Crippen molar-refractivity contribution in [2.75, 3.05) is 18.4 Å². The number of benzene rings is 1. The summed E-state index contributed by atoms with van der Waals surface area (Å²) in [5, 5.41) is 13.3. The van der Waals surface area contributed by atoms with E-state index in [4.69, 9.17) is 0 Å². The molecule has 0 spiro atoms. The highest BCUT2D eigenvalue weighted by atomic mass is 16.2. The molecule has 0 saturated carbocycles. The average molecular weight is 436 g/mol. The van der Waals surface area contributed by atoms with Crippen molar-refractivity contribution in [1.29, 1.82) is 0 Å². The Morgan fingerprint density at radius 2 is 1.88 bits per heavy atom. The van der Waals surface area contributed by atoms with Crippen LogP contribution in [0.3, 0.4) is 0 Å². The number of rotatable bonds is 5. The number of piperidine rings is 2. The molecule has 1 aromatic heterocycles. The van der Waals surface area contributed by atoms with Gasteiger partial charge in [-0.05, 0) is 44.5 Å². The number of anilines is 1. The topological polar surface area (TPSA) is 125 Å². The molecule has 1 aromatic carbocycles. The number of hydrogen-bond acceptors (Lipinski definition) is 7. The van der Waals surface area contributed by atoms with Gasteiger partial charge in [-0.3, -0.25) is 34.1 Å². The Balaban J connectivity index is 1.33. The Morgan fingerprint density at radius 3 is 2.66 bits per heavy atom. The average Bonchev–Trinajstić information content (AvgIpc) is 3.37. The second-order valence-corrected chi connectivity index (χ2v) is 8.34. The summed E-state index contributed by atoms with van der Waals surface area (Å²) in [6, 6.07) is 4.44. The summed E-state index contributed by atoms with van der Waals surface area (Å²) in [6.07, 6.45) is 6.11. The normalized spacial score (nSPS) is 21.6. The summed E-state index contributed by atoms with van der Waals surface area (Å²) in [5.41, 5.74) is 2.02. The quantitative estimate of drug-likeness (QED) is 0.593. The lowest BCUT2D eigenvalue weighted by Gasteiger charge is -2.27. The molecule has 1 atom stereocenters. The second-order valence-electron chi connectivity index (χ2n) is 8.34. The molecule has 2 saturated heterocycles. The van der Waals surface area contributed by atoms with Crippen LogP contribution in [0.1, 0.15) is 58.0 Å². The van der Waals surface area contributed by atoms with Crippen molar-refractivity contribution in [2.24, 2.45) is 0 Å². The molecule has 2 fully saturated rings. The number of carbonyl (C=O) groups is 4. The zero-order chi connectivity index (χ0) is 22.2. The summed E-state index contributed by atoms with van der Waals surface area (Å²) in [5.74, 6) is -2.04. The first-order chi connectivity index (χ1) is 15.5. The number of nitrogens with zero attached hydrogens (tertiary/aromatic N) is 3. The van der Waals surface area contributed by atoms with Gasteiger partial charge in [0.1, 0.15) is 6.04 Å². The van der Waals surface area contributed by atoms with E-state index in [0.717, 1.165) is 36.4 Å². The van der Waals surface area contributed by atoms with Crippen LogP contribution < -0.4 is 16.0 Å². The molecule has 10 nitrogen and oxygen atoms in total. The smallest absolute Gasteiger partial charge is 0.264 e. The largest absolute Gasteiger partial charge is 0.380 e. The Hall–Kier alpha value is -3.53. The molecule has 1 unspecified atom stereocenters. The number of amides is 4. The number of carbonyl (C=O) groups excluding carboxylic acids is 4. The monoisotopic (exact) mass is 436 g/mol. The Labute approximate surface area is 184 Å². The molecular weight excluding hydrogens is 412 g/mol. The van der Waals surface area contributed by atoms with Crippen molar-refractivity contribution in [3.8, 4) is 0 Å². The van der Waals surface area contributed by atoms with Crippen molar-refractivity contribution in [1.82, 2.24) is 25.3 Å². The van der Waals surface area contributed by atoms with Crippen molar-refractivity contribution in [3.63, 3.8) is 0 Å². The van der Waals surface area contributed by atoms with Crippen molar-refractivity contribution < 1.29 is 19.2 Å². The van der Waals surface area contributed by atoms with Crippen LogP contribution in [-0.4, -0.2) is 57.4 Å². The van der Waals surface area contributed by atoms with Crippen molar-refractivity contribution in [2.45, 2.75) is 44.3 Å². The fourth-order valence-electron chi connectivity index (χ4n) is 4.60. The fourth-order valence-corrected chi connectivity index (χ4v) is 4.60. The molecule has 0 aliphatic carbocycles. The van der Waals surface area contributed by atoms with Gasteiger partial charge in [0.2, 0.25) is 11.8 Å². The first-order valence-electron chi connectivity index (χ1n) is 10.8. The summed E-state index contributed by atoms with van der Waals surface area (Å²) in [6.45, 7) is 2.41. The number of nitrogens with one attached hydrogen (secondary N) is 3. The summed E-state index contributed by atoms with van der Waals surface area (Å²) < 4.78 is 1.99. The molecule has 3 aliphatic heterocycles. The minimum absolute atomic E-state index is 0.0932. The highest BCUT2D eigenvalue weighted by Crippen LogP contribution is 2.32. The van der Waals surface area contributed by atoms with E-state index in [2.05, 4.69) is 21.0 Å². The van der Waals surface area contributed by atoms with Crippen LogP contribution in [0, 0.1) is 0 Å². The predicted molar refractivity (Wildman–Crippen MR) is 114 cm³/mol. The number of hydrogen-bond donors (Lipinski definition) is 3. The molecule has 5 rings (SSSR count). The summed E-state index contributed by atoms with van der Waals surface area (Å²) >= 11 is 0. The molecule has 10 heteroatoms. The van der Waals surface area contributed by atoms with E-state index >= 15 is 0 Å². The molecular formula is C22H24N6O4. The highest BCUT2D eigenvalue weighted by Gasteiger charge is 2.45. The van der Waals surface area contributed by atoms with Gasteiger partial charge in [-0.2, -0.15) is 5.10 Å². The van der Waals surface area contributed by atoms with Crippen LogP contribution in [0.5, 0.6) is 0 Å².